The van der Waals surface area contributed by atoms with Crippen molar-refractivity contribution in [2.75, 3.05) is 27.1 Å². The topological polar surface area (TPSA) is 57.4 Å². The first-order valence-electron chi connectivity index (χ1n) is 11.8. The van der Waals surface area contributed by atoms with Crippen molar-refractivity contribution >= 4 is 17.0 Å². The largest absolute Gasteiger partial charge is 0.447 e. The molecule has 2 aromatic rings. The van der Waals surface area contributed by atoms with Gasteiger partial charge in [-0.2, -0.15) is 0 Å². The van der Waals surface area contributed by atoms with Crippen LogP contribution in [0.5, 0.6) is 0 Å². The van der Waals surface area contributed by atoms with E-state index >= 15 is 0 Å². The van der Waals surface area contributed by atoms with Gasteiger partial charge in [-0.05, 0) is 50.1 Å². The molecule has 5 heteroatoms. The Bertz CT molecular complexity index is 1020. The van der Waals surface area contributed by atoms with Crippen LogP contribution in [0.3, 0.4) is 0 Å². The molecule has 2 N–H and O–H groups in total. The Labute approximate surface area is 139 Å². The molecule has 1 atom stereocenters. The summed E-state index contributed by atoms with van der Waals surface area (Å²) in [5, 5.41) is 0.623. The Morgan fingerprint density at radius 2 is 2.52 bits per heavy atom. The second kappa shape index (κ2) is 5.77. The number of alkyl carbamates (subject to hydrolysis) is 1. The molecular weight excluding hydrogens is 266 g/mol. The number of cyclic esters (lactones) is 1. The number of aromatic amines is 1. The molecular formula is C16H21N3O2. The number of H-pyrrole nitrogens is 1. The first-order valence-corrected chi connectivity index (χ1v) is 6.39. The Hall–Kier alpha value is -2.01. The lowest BCUT2D eigenvalue weighted by Crippen LogP contribution is -2.28. The number of rotatable bonds is 5. The van der Waals surface area contributed by atoms with E-state index < -0.39 is 32.6 Å². The molecule has 21 heavy (non-hydrogen) atoms. The average Bonchev–Trinajstić information content (AvgIpc) is 3.00. The summed E-state index contributed by atoms with van der Waals surface area (Å²) < 4.78 is 89.1. The summed E-state index contributed by atoms with van der Waals surface area (Å²) in [6.45, 7) is -8.74. The van der Waals surface area contributed by atoms with Crippen molar-refractivity contribution in [3.63, 3.8) is 0 Å². The van der Waals surface area contributed by atoms with Crippen LogP contribution in [0, 0.1) is 0 Å². The van der Waals surface area contributed by atoms with Crippen molar-refractivity contribution in [2.45, 2.75) is 18.9 Å². The fraction of sp³-hybridized carbons (Fsp3) is 0.438. The van der Waals surface area contributed by atoms with E-state index in [4.69, 9.17) is 15.2 Å². The maximum Gasteiger partial charge on any atom is 0.407 e. The van der Waals surface area contributed by atoms with Crippen molar-refractivity contribution in [3.05, 3.63) is 35.5 Å². The lowest BCUT2D eigenvalue weighted by Gasteiger charge is -2.09. The summed E-state index contributed by atoms with van der Waals surface area (Å²) in [5.41, 5.74) is 1.29. The molecule has 1 saturated heterocycles. The summed E-state index contributed by atoms with van der Waals surface area (Å²) in [6, 6.07) is 2.27. The van der Waals surface area contributed by atoms with Crippen LogP contribution in [0.1, 0.15) is 23.5 Å². The number of hydrogen-bond donors (Lipinski definition) is 2. The first kappa shape index (κ1) is 6.01. The van der Waals surface area contributed by atoms with Crippen LogP contribution in [0.2, 0.25) is 2.82 Å². The smallest absolute Gasteiger partial charge is 0.407 e. The van der Waals surface area contributed by atoms with Crippen LogP contribution < -0.4 is 5.31 Å². The zero-order valence-corrected chi connectivity index (χ0v) is 11.1. The van der Waals surface area contributed by atoms with Gasteiger partial charge in [0.1, 0.15) is 6.56 Å². The predicted octanol–water partition coefficient (Wildman–Crippen LogP) is 1.92. The molecule has 1 aromatic heterocycles. The first-order chi connectivity index (χ1) is 14.5. The van der Waals surface area contributed by atoms with Gasteiger partial charge in [0, 0.05) is 31.9 Å². The molecule has 0 spiro atoms. The van der Waals surface area contributed by atoms with Crippen molar-refractivity contribution < 1.29 is 24.7 Å². The Morgan fingerprint density at radius 1 is 1.62 bits per heavy atom. The standard InChI is InChI=1S/C16H21N3O2/c1-19(2)6-5-12-9-17-15-4-3-11(8-14(12)15)7-13-10-21-16(20)18-13/h3-4,8-9,13,17H,5-7,10H2,1-2H3,(H,18,20)/t13-/m0/s1/i1D3,2D3,10D2,13D/hD2. The van der Waals surface area contributed by atoms with Gasteiger partial charge in [0.25, 0.3) is 0 Å². The van der Waals surface area contributed by atoms with E-state index in [-0.39, 0.29) is 24.7 Å². The number of nitrogens with one attached hydrogen (secondary N) is 2. The second-order valence-corrected chi connectivity index (χ2v) is 4.74. The zero-order valence-electron chi connectivity index (χ0n) is 22.1. The summed E-state index contributed by atoms with van der Waals surface area (Å²) in [5.74, 6) is 0. The van der Waals surface area contributed by atoms with Crippen molar-refractivity contribution in [1.82, 2.24) is 15.2 Å². The highest BCUT2D eigenvalue weighted by molar-refractivity contribution is 5.84. The Balaban J connectivity index is 1.93. The molecule has 0 radical (unpaired) electrons. The van der Waals surface area contributed by atoms with Gasteiger partial charge >= 0.3 is 6.09 Å². The number of benzene rings is 1. The molecule has 1 aliphatic heterocycles. The van der Waals surface area contributed by atoms with Crippen LogP contribution in [-0.4, -0.2) is 49.0 Å². The lowest BCUT2D eigenvalue weighted by atomic mass is 10.0. The average molecular weight is 298 g/mol. The third-order valence-electron chi connectivity index (χ3n) is 3.23. The van der Waals surface area contributed by atoms with Gasteiger partial charge in [-0.3, -0.25) is 0 Å². The number of aromatic nitrogens is 1. The minimum Gasteiger partial charge on any atom is -0.447 e. The van der Waals surface area contributed by atoms with Crippen LogP contribution in [0.25, 0.3) is 10.9 Å². The van der Waals surface area contributed by atoms with E-state index in [0.717, 1.165) is 4.98 Å². The molecule has 1 aromatic carbocycles. The fourth-order valence-corrected chi connectivity index (χ4v) is 2.24. The maximum atomic E-state index is 11.6. The number of likely N-dealkylation sites (N-methyl/N-ethyl adjacent to an activating group) is 1. The van der Waals surface area contributed by atoms with Crippen molar-refractivity contribution in [1.29, 1.82) is 0 Å². The highest BCUT2D eigenvalue weighted by Crippen LogP contribution is 2.21. The summed E-state index contributed by atoms with van der Waals surface area (Å²) in [4.78, 5) is 13.1. The van der Waals surface area contributed by atoms with Gasteiger partial charge in [-0.1, -0.05) is 6.07 Å². The van der Waals surface area contributed by atoms with Gasteiger partial charge in [0.2, 0.25) is 0 Å². The van der Waals surface area contributed by atoms with E-state index in [1.807, 2.05) is 0 Å². The molecule has 0 unspecified atom stereocenters. The van der Waals surface area contributed by atoms with Crippen molar-refractivity contribution in [3.8, 4) is 0 Å². The Morgan fingerprint density at radius 3 is 3.29 bits per heavy atom. The highest BCUT2D eigenvalue weighted by Gasteiger charge is 2.22. The van der Waals surface area contributed by atoms with Crippen molar-refractivity contribution in [2.24, 2.45) is 0 Å². The van der Waals surface area contributed by atoms with Crippen LogP contribution in [-0.2, 0) is 17.6 Å². The molecule has 1 amide bonds. The predicted molar refractivity (Wildman–Crippen MR) is 82.5 cm³/mol. The second-order valence-electron chi connectivity index (χ2n) is 4.74. The third kappa shape index (κ3) is 3.19. The van der Waals surface area contributed by atoms with E-state index in [0.29, 0.717) is 26.9 Å². The summed E-state index contributed by atoms with van der Waals surface area (Å²) >= 11 is 0. The number of nitrogens with zero attached hydrogens (tertiary/aromatic N) is 1. The van der Waals surface area contributed by atoms with Gasteiger partial charge in [0.05, 0.1) is 10.1 Å². The molecule has 0 bridgehead atoms. The van der Waals surface area contributed by atoms with Crippen LogP contribution in [0.15, 0.2) is 24.4 Å². The zero-order chi connectivity index (χ0) is 24.3. The number of fused-ring (bicyclic) bond motifs is 1. The Kier molecular flexibility index (Phi) is 1.65. The van der Waals surface area contributed by atoms with Crippen LogP contribution in [0.4, 0.5) is 4.79 Å². The molecule has 3 rings (SSSR count). The van der Waals surface area contributed by atoms with Crippen LogP contribution >= 0.6 is 0 Å². The van der Waals surface area contributed by atoms with E-state index in [9.17, 15) is 4.79 Å². The number of carbonyl (C=O) groups is 1. The maximum absolute atomic E-state index is 11.6. The van der Waals surface area contributed by atoms with E-state index in [1.165, 1.54) is 18.3 Å². The fourth-order valence-electron chi connectivity index (χ4n) is 2.24. The minimum atomic E-state index is -2.84. The van der Waals surface area contributed by atoms with E-state index in [2.05, 4.69) is 4.74 Å². The number of hydrogen-bond acceptors (Lipinski definition) is 3. The minimum absolute atomic E-state index is 0.00161. The SMILES string of the molecule is [2H]N1C(=O)OC([2H])([2H])[C@]1([2H])Cc1ccc2c(c1)c(CCN(C([2H])([2H])[2H])C([2H])([2H])[2H])cn2[2H]. The molecule has 0 aliphatic carbocycles. The summed E-state index contributed by atoms with van der Waals surface area (Å²) in [6.07, 6.45) is -0.245. The molecule has 1 fully saturated rings. The molecule has 5 nitrogen and oxygen atoms in total. The van der Waals surface area contributed by atoms with Gasteiger partial charge in [-0.25, -0.2) is 4.79 Å². The number of ether oxygens (including phenoxy) is 1. The van der Waals surface area contributed by atoms with Gasteiger partial charge in [-0.15, -0.1) is 0 Å². The number of amides is 1. The number of carbonyl (C=O) groups excluding carboxylic acids is 1. The summed E-state index contributed by atoms with van der Waals surface area (Å²) in [7, 11) is 0. The monoisotopic (exact) mass is 298 g/mol. The lowest BCUT2D eigenvalue weighted by molar-refractivity contribution is 0.177. The van der Waals surface area contributed by atoms with Gasteiger partial charge in [0.15, 0.2) is 2.82 Å². The highest BCUT2D eigenvalue weighted by atomic mass is 16.6. The molecule has 0 saturated carbocycles. The van der Waals surface area contributed by atoms with Gasteiger partial charge < -0.3 is 19.9 Å². The van der Waals surface area contributed by atoms with E-state index in [1.54, 1.807) is 6.07 Å². The molecule has 1 aliphatic rings. The third-order valence-corrected chi connectivity index (χ3v) is 3.23. The molecule has 112 valence electrons. The normalized spacial score (nSPS) is 33.5. The molecule has 2 heterocycles. The quantitative estimate of drug-likeness (QED) is 0.887.